The third-order valence-corrected chi connectivity index (χ3v) is 14.8. The molecular weight excluding hydrogens is 833 g/mol. The molecule has 1 aliphatic heterocycles. The second-order valence-corrected chi connectivity index (χ2v) is 18.4. The molecule has 322 valence electrons. The van der Waals surface area contributed by atoms with Crippen molar-refractivity contribution < 1.29 is 0 Å². The third-order valence-electron chi connectivity index (χ3n) is 14.8. The minimum atomic E-state index is -0.576. The van der Waals surface area contributed by atoms with Crippen LogP contribution in [0.3, 0.4) is 0 Å². The van der Waals surface area contributed by atoms with Gasteiger partial charge in [-0.05, 0) is 121 Å². The van der Waals surface area contributed by atoms with Crippen LogP contribution in [0.15, 0.2) is 267 Å². The Morgan fingerprint density at radius 1 is 0.290 bits per heavy atom. The fraction of sp³-hybridized carbons (Fsp3) is 0.0149. The van der Waals surface area contributed by atoms with E-state index < -0.39 is 5.41 Å². The third kappa shape index (κ3) is 5.92. The SMILES string of the molecule is c1ccc(-c2ccc(-c3ccc(N(c4ccc5c(c4)C4(c6ccccc6-5)c5ccccc5-n5c6ccccc6c6cccc4c65)c4ccccc4-c4cccc(-c5ccccc5)c4)cc3)cc2)cc1. The van der Waals surface area contributed by atoms with Crippen molar-refractivity contribution in [2.45, 2.75) is 5.41 Å². The standard InChI is InChI=1S/C67H44N2/c1-3-17-45(18-4-1)47-33-35-48(36-34-47)49-37-39-52(40-38-49)68(63-30-12-8-23-54(63)51-22-15-21-50(43-51)46-19-5-2-6-20-46)53-41-42-56-55-24-7-10-27-59(55)67(62(56)44-53)60-28-11-14-32-65(60)69-64-31-13-9-25-57(64)58-26-16-29-61(67)66(58)69/h1-44H. The molecule has 2 nitrogen and oxygen atoms in total. The number of nitrogens with zero attached hydrogens (tertiary/aromatic N) is 2. The lowest BCUT2D eigenvalue weighted by atomic mass is 9.65. The van der Waals surface area contributed by atoms with Crippen molar-refractivity contribution in [2.24, 2.45) is 0 Å². The quantitative estimate of drug-likeness (QED) is 0.155. The first-order valence-corrected chi connectivity index (χ1v) is 23.9. The minimum Gasteiger partial charge on any atom is -0.310 e. The Bertz CT molecular complexity index is 3940. The van der Waals surface area contributed by atoms with Crippen LogP contribution in [-0.2, 0) is 5.41 Å². The van der Waals surface area contributed by atoms with Gasteiger partial charge in [0.15, 0.2) is 0 Å². The Hall–Kier alpha value is -8.98. The molecule has 14 rings (SSSR count). The van der Waals surface area contributed by atoms with Crippen LogP contribution >= 0.6 is 0 Å². The molecule has 1 aromatic heterocycles. The van der Waals surface area contributed by atoms with E-state index in [9.17, 15) is 0 Å². The average Bonchev–Trinajstić information content (AvgIpc) is 3.92. The number of fused-ring (bicyclic) bond motifs is 12. The summed E-state index contributed by atoms with van der Waals surface area (Å²) in [5.41, 5.74) is 23.7. The largest absolute Gasteiger partial charge is 0.310 e. The van der Waals surface area contributed by atoms with E-state index in [1.165, 1.54) is 94.3 Å². The Morgan fingerprint density at radius 3 is 1.57 bits per heavy atom. The molecule has 1 atom stereocenters. The summed E-state index contributed by atoms with van der Waals surface area (Å²) in [5, 5.41) is 2.55. The van der Waals surface area contributed by atoms with Crippen molar-refractivity contribution in [3.63, 3.8) is 0 Å². The first kappa shape index (κ1) is 39.2. The highest BCUT2D eigenvalue weighted by atomic mass is 15.1. The molecule has 1 spiro atoms. The predicted molar refractivity (Wildman–Crippen MR) is 288 cm³/mol. The van der Waals surface area contributed by atoms with Gasteiger partial charge in [-0.25, -0.2) is 0 Å². The Morgan fingerprint density at radius 2 is 0.797 bits per heavy atom. The molecule has 11 aromatic carbocycles. The van der Waals surface area contributed by atoms with Gasteiger partial charge < -0.3 is 9.47 Å². The fourth-order valence-electron chi connectivity index (χ4n) is 11.8. The highest BCUT2D eigenvalue weighted by Crippen LogP contribution is 2.62. The molecule has 0 saturated heterocycles. The zero-order valence-electron chi connectivity index (χ0n) is 37.8. The molecule has 12 aromatic rings. The van der Waals surface area contributed by atoms with Gasteiger partial charge in [0.05, 0.1) is 27.8 Å². The number of rotatable bonds is 7. The van der Waals surface area contributed by atoms with Crippen LogP contribution in [0, 0.1) is 0 Å². The van der Waals surface area contributed by atoms with Crippen molar-refractivity contribution in [3.8, 4) is 61.3 Å². The molecule has 2 heterocycles. The summed E-state index contributed by atoms with van der Waals surface area (Å²) in [6, 6.07) is 98.6. The van der Waals surface area contributed by atoms with Crippen molar-refractivity contribution in [1.29, 1.82) is 0 Å². The molecule has 0 radical (unpaired) electrons. The lowest BCUT2D eigenvalue weighted by molar-refractivity contribution is 0.748. The average molecular weight is 877 g/mol. The van der Waals surface area contributed by atoms with E-state index in [2.05, 4.69) is 276 Å². The zero-order valence-corrected chi connectivity index (χ0v) is 37.8. The van der Waals surface area contributed by atoms with Crippen LogP contribution in [0.4, 0.5) is 17.1 Å². The molecule has 69 heavy (non-hydrogen) atoms. The maximum absolute atomic E-state index is 2.52. The van der Waals surface area contributed by atoms with Gasteiger partial charge in [-0.3, -0.25) is 0 Å². The van der Waals surface area contributed by atoms with E-state index in [-0.39, 0.29) is 0 Å². The number of hydrogen-bond acceptors (Lipinski definition) is 1. The first-order valence-electron chi connectivity index (χ1n) is 23.9. The van der Waals surface area contributed by atoms with Crippen LogP contribution < -0.4 is 4.90 Å². The van der Waals surface area contributed by atoms with E-state index in [4.69, 9.17) is 0 Å². The van der Waals surface area contributed by atoms with Crippen molar-refractivity contribution >= 4 is 38.9 Å². The van der Waals surface area contributed by atoms with Gasteiger partial charge in [-0.2, -0.15) is 0 Å². The highest BCUT2D eigenvalue weighted by molar-refractivity contribution is 6.13. The molecule has 0 amide bonds. The zero-order chi connectivity index (χ0) is 45.5. The van der Waals surface area contributed by atoms with Crippen molar-refractivity contribution in [3.05, 3.63) is 289 Å². The summed E-state index contributed by atoms with van der Waals surface area (Å²) < 4.78 is 2.52. The number of aromatic nitrogens is 1. The molecule has 0 bridgehead atoms. The molecule has 0 saturated carbocycles. The maximum atomic E-state index is 2.52. The highest BCUT2D eigenvalue weighted by Gasteiger charge is 2.51. The summed E-state index contributed by atoms with van der Waals surface area (Å²) in [6.45, 7) is 0. The predicted octanol–water partition coefficient (Wildman–Crippen LogP) is 17.6. The van der Waals surface area contributed by atoms with Crippen LogP contribution in [0.2, 0.25) is 0 Å². The smallest absolute Gasteiger partial charge is 0.0755 e. The number of benzene rings is 11. The Labute approximate surface area is 402 Å². The topological polar surface area (TPSA) is 8.17 Å². The van der Waals surface area contributed by atoms with Crippen LogP contribution in [0.1, 0.15) is 22.3 Å². The van der Waals surface area contributed by atoms with Gasteiger partial charge in [-0.15, -0.1) is 0 Å². The van der Waals surface area contributed by atoms with Gasteiger partial charge in [0.2, 0.25) is 0 Å². The number of para-hydroxylation sites is 4. The molecule has 2 aliphatic rings. The lowest BCUT2D eigenvalue weighted by Crippen LogP contribution is -2.33. The van der Waals surface area contributed by atoms with Crippen LogP contribution in [0.5, 0.6) is 0 Å². The van der Waals surface area contributed by atoms with Gasteiger partial charge in [-0.1, -0.05) is 218 Å². The number of anilines is 3. The summed E-state index contributed by atoms with van der Waals surface area (Å²) in [6.07, 6.45) is 0. The molecule has 1 aliphatic carbocycles. The summed E-state index contributed by atoms with van der Waals surface area (Å²) in [5.74, 6) is 0. The monoisotopic (exact) mass is 876 g/mol. The fourth-order valence-corrected chi connectivity index (χ4v) is 11.8. The van der Waals surface area contributed by atoms with Crippen LogP contribution in [-0.4, -0.2) is 4.57 Å². The van der Waals surface area contributed by atoms with Gasteiger partial charge in [0, 0.05) is 27.7 Å². The molecule has 0 N–H and O–H groups in total. The van der Waals surface area contributed by atoms with E-state index in [1.807, 2.05) is 0 Å². The van der Waals surface area contributed by atoms with E-state index >= 15 is 0 Å². The molecular formula is C67H44N2. The maximum Gasteiger partial charge on any atom is 0.0755 e. The Kier molecular flexibility index (Phi) is 8.84. The molecule has 0 fully saturated rings. The summed E-state index contributed by atoms with van der Waals surface area (Å²) in [7, 11) is 0. The Balaban J connectivity index is 0.992. The van der Waals surface area contributed by atoms with E-state index in [0.29, 0.717) is 0 Å². The van der Waals surface area contributed by atoms with Crippen molar-refractivity contribution in [2.75, 3.05) is 4.90 Å². The second kappa shape index (κ2) is 15.6. The van der Waals surface area contributed by atoms with E-state index in [1.54, 1.807) is 0 Å². The lowest BCUT2D eigenvalue weighted by Gasteiger charge is -2.40. The summed E-state index contributed by atoms with van der Waals surface area (Å²) in [4.78, 5) is 2.48. The van der Waals surface area contributed by atoms with Gasteiger partial charge in [0.25, 0.3) is 0 Å². The van der Waals surface area contributed by atoms with E-state index in [0.717, 1.165) is 28.2 Å². The molecule has 2 heteroatoms. The van der Waals surface area contributed by atoms with Gasteiger partial charge in [0.1, 0.15) is 0 Å². The second-order valence-electron chi connectivity index (χ2n) is 18.4. The van der Waals surface area contributed by atoms with Crippen LogP contribution in [0.25, 0.3) is 83.1 Å². The summed E-state index contributed by atoms with van der Waals surface area (Å²) >= 11 is 0. The van der Waals surface area contributed by atoms with Crippen molar-refractivity contribution in [1.82, 2.24) is 4.57 Å². The number of hydrogen-bond donors (Lipinski definition) is 0. The first-order chi connectivity index (χ1) is 34.2. The molecule has 1 unspecified atom stereocenters. The minimum absolute atomic E-state index is 0.576. The normalized spacial score (nSPS) is 14.1. The van der Waals surface area contributed by atoms with Gasteiger partial charge >= 0.3 is 0 Å².